The van der Waals surface area contributed by atoms with Crippen molar-refractivity contribution in [2.45, 2.75) is 70.3 Å². The van der Waals surface area contributed by atoms with E-state index in [1.165, 1.54) is 0 Å². The van der Waals surface area contributed by atoms with Crippen molar-refractivity contribution in [1.82, 2.24) is 25.5 Å². The average molecular weight is 548 g/mol. The molecule has 1 aromatic carbocycles. The highest BCUT2D eigenvalue weighted by molar-refractivity contribution is 5.94. The molecule has 2 aromatic rings. The lowest BCUT2D eigenvalue weighted by atomic mass is 10.0. The lowest BCUT2D eigenvalue weighted by Gasteiger charge is -2.29. The molecular formula is C27H36F3N7O2. The van der Waals surface area contributed by atoms with Crippen LogP contribution in [0.1, 0.15) is 61.9 Å². The first-order valence-electron chi connectivity index (χ1n) is 13.4. The van der Waals surface area contributed by atoms with Gasteiger partial charge in [0.15, 0.2) is 0 Å². The third-order valence-corrected chi connectivity index (χ3v) is 7.16. The van der Waals surface area contributed by atoms with Gasteiger partial charge in [-0.3, -0.25) is 9.59 Å². The quantitative estimate of drug-likeness (QED) is 0.393. The molecule has 2 heterocycles. The number of amides is 2. The van der Waals surface area contributed by atoms with Gasteiger partial charge in [0.1, 0.15) is 11.4 Å². The monoisotopic (exact) mass is 547 g/mol. The predicted octanol–water partition coefficient (Wildman–Crippen LogP) is 4.17. The van der Waals surface area contributed by atoms with Crippen LogP contribution in [0, 0.1) is 5.92 Å². The summed E-state index contributed by atoms with van der Waals surface area (Å²) in [7, 11) is 2.06. The number of piperidine rings is 1. The lowest BCUT2D eigenvalue weighted by Crippen LogP contribution is -2.43. The minimum absolute atomic E-state index is 0.0322. The molecule has 0 unspecified atom stereocenters. The number of halogens is 3. The van der Waals surface area contributed by atoms with Gasteiger partial charge in [0.2, 0.25) is 11.9 Å². The van der Waals surface area contributed by atoms with Crippen molar-refractivity contribution in [2.24, 2.45) is 5.92 Å². The Labute approximate surface area is 226 Å². The molecule has 2 aliphatic rings. The van der Waals surface area contributed by atoms with E-state index >= 15 is 0 Å². The molecule has 2 atom stereocenters. The van der Waals surface area contributed by atoms with E-state index in [-0.39, 0.29) is 35.7 Å². The molecule has 1 aliphatic carbocycles. The maximum Gasteiger partial charge on any atom is 0.421 e. The highest BCUT2D eigenvalue weighted by Gasteiger charge is 2.39. The van der Waals surface area contributed by atoms with E-state index in [2.05, 4.69) is 43.2 Å². The van der Waals surface area contributed by atoms with Crippen LogP contribution >= 0.6 is 0 Å². The first-order chi connectivity index (χ1) is 18.5. The second-order valence-electron chi connectivity index (χ2n) is 10.7. The van der Waals surface area contributed by atoms with E-state index in [1.807, 2.05) is 13.8 Å². The number of hydrogen-bond acceptors (Lipinski definition) is 7. The molecule has 1 saturated heterocycles. The highest BCUT2D eigenvalue weighted by atomic mass is 19.4. The van der Waals surface area contributed by atoms with Gasteiger partial charge in [0.05, 0.1) is 5.92 Å². The van der Waals surface area contributed by atoms with Crippen LogP contribution in [0.5, 0.6) is 0 Å². The predicted molar refractivity (Wildman–Crippen MR) is 143 cm³/mol. The second-order valence-corrected chi connectivity index (χ2v) is 10.7. The largest absolute Gasteiger partial charge is 0.421 e. The van der Waals surface area contributed by atoms with E-state index in [0.717, 1.165) is 38.5 Å². The Morgan fingerprint density at radius 2 is 1.74 bits per heavy atom. The molecule has 4 rings (SSSR count). The number of alkyl halides is 3. The molecule has 1 aliphatic heterocycles. The summed E-state index contributed by atoms with van der Waals surface area (Å²) >= 11 is 0. The summed E-state index contributed by atoms with van der Waals surface area (Å²) in [6, 6.07) is 6.19. The zero-order valence-electron chi connectivity index (χ0n) is 22.4. The summed E-state index contributed by atoms with van der Waals surface area (Å²) in [6.07, 6.45) is -0.270. The molecule has 39 heavy (non-hydrogen) atoms. The molecule has 1 aromatic heterocycles. The fraction of sp³-hybridized carbons (Fsp3) is 0.556. The van der Waals surface area contributed by atoms with Crippen LogP contribution in [-0.4, -0.2) is 64.9 Å². The Bertz CT molecular complexity index is 1150. The molecule has 2 fully saturated rings. The van der Waals surface area contributed by atoms with Crippen molar-refractivity contribution in [3.63, 3.8) is 0 Å². The van der Waals surface area contributed by atoms with E-state index in [4.69, 9.17) is 0 Å². The fourth-order valence-electron chi connectivity index (χ4n) is 5.03. The van der Waals surface area contributed by atoms with Crippen LogP contribution in [0.25, 0.3) is 0 Å². The standard InChI is InChI=1S/C27H36F3N7O2/c1-16(2)32-25(39)20-5-4-6-22(20)35-23-21(27(28,29)30)15-31-26(36-23)34-18-9-7-17(8-10-18)24(38)33-19-11-13-37(3)14-12-19/h7-10,15-16,19-20,22H,4-6,11-14H2,1-3H3,(H,32,39)(H,33,38)(H2,31,34,35,36)/t20-,22+/m0/s1. The summed E-state index contributed by atoms with van der Waals surface area (Å²) < 4.78 is 41.3. The van der Waals surface area contributed by atoms with Gasteiger partial charge in [-0.1, -0.05) is 6.42 Å². The van der Waals surface area contributed by atoms with Gasteiger partial charge in [0, 0.05) is 35.6 Å². The maximum absolute atomic E-state index is 13.8. The van der Waals surface area contributed by atoms with Crippen LogP contribution in [0.4, 0.5) is 30.6 Å². The number of nitrogens with one attached hydrogen (secondary N) is 4. The molecule has 4 N–H and O–H groups in total. The fourth-order valence-corrected chi connectivity index (χ4v) is 5.03. The van der Waals surface area contributed by atoms with Crippen LogP contribution in [0.15, 0.2) is 30.5 Å². The molecule has 2 amide bonds. The van der Waals surface area contributed by atoms with Crippen molar-refractivity contribution < 1.29 is 22.8 Å². The zero-order chi connectivity index (χ0) is 28.2. The molecule has 0 bridgehead atoms. The SMILES string of the molecule is CC(C)NC(=O)[C@H]1CCC[C@H]1Nc1nc(Nc2ccc(C(=O)NC3CCN(C)CC3)cc2)ncc1C(F)(F)F. The van der Waals surface area contributed by atoms with Crippen LogP contribution < -0.4 is 21.3 Å². The Kier molecular flexibility index (Phi) is 8.94. The Morgan fingerprint density at radius 1 is 1.05 bits per heavy atom. The molecule has 0 spiro atoms. The summed E-state index contributed by atoms with van der Waals surface area (Å²) in [6.45, 7) is 5.55. The molecule has 9 nitrogen and oxygen atoms in total. The summed E-state index contributed by atoms with van der Waals surface area (Å²) in [4.78, 5) is 35.4. The van der Waals surface area contributed by atoms with Gasteiger partial charge >= 0.3 is 6.18 Å². The van der Waals surface area contributed by atoms with Gasteiger partial charge in [-0.2, -0.15) is 18.2 Å². The number of nitrogens with zero attached hydrogens (tertiary/aromatic N) is 3. The van der Waals surface area contributed by atoms with Gasteiger partial charge < -0.3 is 26.2 Å². The number of anilines is 3. The van der Waals surface area contributed by atoms with E-state index < -0.39 is 23.7 Å². The minimum atomic E-state index is -4.67. The summed E-state index contributed by atoms with van der Waals surface area (Å²) in [5.74, 6) is -1.20. The lowest BCUT2D eigenvalue weighted by molar-refractivity contribution is -0.137. The Balaban J connectivity index is 1.45. The number of likely N-dealkylation sites (tertiary alicyclic amines) is 1. The molecule has 212 valence electrons. The first-order valence-corrected chi connectivity index (χ1v) is 13.4. The summed E-state index contributed by atoms with van der Waals surface area (Å²) in [5.41, 5.74) is 0.0117. The number of aromatic nitrogens is 2. The first kappa shape index (κ1) is 28.6. The Morgan fingerprint density at radius 3 is 2.38 bits per heavy atom. The van der Waals surface area contributed by atoms with E-state index in [0.29, 0.717) is 24.1 Å². The molecular weight excluding hydrogens is 511 g/mol. The van der Waals surface area contributed by atoms with Crippen molar-refractivity contribution >= 4 is 29.3 Å². The van der Waals surface area contributed by atoms with Crippen LogP contribution in [0.2, 0.25) is 0 Å². The van der Waals surface area contributed by atoms with E-state index in [1.54, 1.807) is 24.3 Å². The maximum atomic E-state index is 13.8. The number of carbonyl (C=O) groups is 2. The number of benzene rings is 1. The van der Waals surface area contributed by atoms with Crippen molar-refractivity contribution in [2.75, 3.05) is 30.8 Å². The van der Waals surface area contributed by atoms with Crippen molar-refractivity contribution in [3.8, 4) is 0 Å². The highest BCUT2D eigenvalue weighted by Crippen LogP contribution is 2.36. The van der Waals surface area contributed by atoms with Crippen LogP contribution in [-0.2, 0) is 11.0 Å². The van der Waals surface area contributed by atoms with Crippen LogP contribution in [0.3, 0.4) is 0 Å². The second kappa shape index (κ2) is 12.2. The minimum Gasteiger partial charge on any atom is -0.366 e. The zero-order valence-corrected chi connectivity index (χ0v) is 22.4. The third-order valence-electron chi connectivity index (χ3n) is 7.16. The topological polar surface area (TPSA) is 111 Å². The normalized spacial score (nSPS) is 20.6. The average Bonchev–Trinajstić information content (AvgIpc) is 3.33. The molecule has 0 radical (unpaired) electrons. The number of carbonyl (C=O) groups excluding carboxylic acids is 2. The van der Waals surface area contributed by atoms with Gasteiger partial charge in [-0.25, -0.2) is 4.98 Å². The van der Waals surface area contributed by atoms with E-state index in [9.17, 15) is 22.8 Å². The van der Waals surface area contributed by atoms with Gasteiger partial charge in [-0.15, -0.1) is 0 Å². The van der Waals surface area contributed by atoms with Gasteiger partial charge in [-0.05, 0) is 83.9 Å². The smallest absolute Gasteiger partial charge is 0.366 e. The third kappa shape index (κ3) is 7.59. The van der Waals surface area contributed by atoms with Crippen molar-refractivity contribution in [1.29, 1.82) is 0 Å². The summed E-state index contributed by atoms with van der Waals surface area (Å²) in [5, 5.41) is 11.7. The van der Waals surface area contributed by atoms with Gasteiger partial charge in [0.25, 0.3) is 5.91 Å². The Hall–Kier alpha value is -3.41. The molecule has 12 heteroatoms. The van der Waals surface area contributed by atoms with Crippen molar-refractivity contribution in [3.05, 3.63) is 41.6 Å². The number of hydrogen-bond donors (Lipinski definition) is 4. The molecule has 1 saturated carbocycles. The number of rotatable bonds is 8.